The number of phenolic OH excluding ortho intramolecular Hbond substituents is 1. The molecule has 2 N–H and O–H groups in total. The van der Waals surface area contributed by atoms with Crippen LogP contribution in [0.3, 0.4) is 0 Å². The lowest BCUT2D eigenvalue weighted by Gasteiger charge is -2.25. The molecule has 6 heteroatoms. The number of hydrogen-bond acceptors (Lipinski definition) is 5. The first-order valence-corrected chi connectivity index (χ1v) is 9.31. The SMILES string of the molecule is CCCN1C(=O)C2C(c3ccc(O)cc3)NN(Cc3ccccc3)C2C1=O. The van der Waals surface area contributed by atoms with Crippen molar-refractivity contribution in [2.24, 2.45) is 5.92 Å². The Morgan fingerprint density at radius 3 is 2.37 bits per heavy atom. The summed E-state index contributed by atoms with van der Waals surface area (Å²) in [5.74, 6) is -0.530. The van der Waals surface area contributed by atoms with Crippen LogP contribution >= 0.6 is 0 Å². The van der Waals surface area contributed by atoms with Gasteiger partial charge in [0.15, 0.2) is 0 Å². The fraction of sp³-hybridized carbons (Fsp3) is 0.333. The Balaban J connectivity index is 1.68. The van der Waals surface area contributed by atoms with Crippen LogP contribution in [-0.2, 0) is 16.1 Å². The molecule has 140 valence electrons. The molecule has 2 amide bonds. The second kappa shape index (κ2) is 7.13. The summed E-state index contributed by atoms with van der Waals surface area (Å²) in [6, 6.07) is 15.9. The second-order valence-corrected chi connectivity index (χ2v) is 7.11. The van der Waals surface area contributed by atoms with Gasteiger partial charge in [-0.15, -0.1) is 0 Å². The highest BCUT2D eigenvalue weighted by Crippen LogP contribution is 2.41. The molecule has 2 aromatic carbocycles. The fourth-order valence-electron chi connectivity index (χ4n) is 4.06. The lowest BCUT2D eigenvalue weighted by Crippen LogP contribution is -2.45. The van der Waals surface area contributed by atoms with E-state index in [4.69, 9.17) is 0 Å². The first-order chi connectivity index (χ1) is 13.1. The number of rotatable bonds is 5. The number of hydrazine groups is 1. The summed E-state index contributed by atoms with van der Waals surface area (Å²) in [4.78, 5) is 27.4. The van der Waals surface area contributed by atoms with Crippen LogP contribution < -0.4 is 5.43 Å². The third-order valence-corrected chi connectivity index (χ3v) is 5.31. The van der Waals surface area contributed by atoms with Gasteiger partial charge in [0.25, 0.3) is 0 Å². The van der Waals surface area contributed by atoms with E-state index in [0.29, 0.717) is 13.1 Å². The Morgan fingerprint density at radius 1 is 1.00 bits per heavy atom. The van der Waals surface area contributed by atoms with Gasteiger partial charge in [0, 0.05) is 13.1 Å². The van der Waals surface area contributed by atoms with Crippen molar-refractivity contribution in [3.8, 4) is 5.75 Å². The Kier molecular flexibility index (Phi) is 4.68. The van der Waals surface area contributed by atoms with Gasteiger partial charge in [0.05, 0.1) is 12.0 Å². The molecule has 3 unspecified atom stereocenters. The highest BCUT2D eigenvalue weighted by molar-refractivity contribution is 6.07. The number of carbonyl (C=O) groups is 2. The molecule has 2 aromatic rings. The van der Waals surface area contributed by atoms with Crippen molar-refractivity contribution in [1.82, 2.24) is 15.3 Å². The first-order valence-electron chi connectivity index (χ1n) is 9.31. The minimum atomic E-state index is -0.511. The van der Waals surface area contributed by atoms with E-state index < -0.39 is 12.0 Å². The van der Waals surface area contributed by atoms with Crippen LogP contribution in [-0.4, -0.2) is 39.4 Å². The summed E-state index contributed by atoms with van der Waals surface area (Å²) in [7, 11) is 0. The second-order valence-electron chi connectivity index (χ2n) is 7.11. The molecule has 2 fully saturated rings. The molecule has 27 heavy (non-hydrogen) atoms. The van der Waals surface area contributed by atoms with Crippen LogP contribution in [0.2, 0.25) is 0 Å². The number of aromatic hydroxyl groups is 1. The van der Waals surface area contributed by atoms with Gasteiger partial charge in [0.2, 0.25) is 11.8 Å². The average molecular weight is 365 g/mol. The van der Waals surface area contributed by atoms with Crippen LogP contribution in [0.5, 0.6) is 5.75 Å². The Labute approximate surface area is 158 Å². The molecular formula is C21H23N3O3. The number of fused-ring (bicyclic) bond motifs is 1. The molecule has 2 aliphatic rings. The van der Waals surface area contributed by atoms with Gasteiger partial charge in [-0.25, -0.2) is 10.4 Å². The molecule has 0 saturated carbocycles. The molecule has 6 nitrogen and oxygen atoms in total. The van der Waals surface area contributed by atoms with Crippen LogP contribution in [0.4, 0.5) is 0 Å². The zero-order valence-corrected chi connectivity index (χ0v) is 15.2. The van der Waals surface area contributed by atoms with E-state index in [1.165, 1.54) is 4.90 Å². The van der Waals surface area contributed by atoms with Crippen molar-refractivity contribution in [1.29, 1.82) is 0 Å². The summed E-state index contributed by atoms with van der Waals surface area (Å²) in [6.45, 7) is 2.95. The number of hydrogen-bond donors (Lipinski definition) is 2. The number of amides is 2. The molecule has 0 radical (unpaired) electrons. The monoisotopic (exact) mass is 365 g/mol. The Bertz CT molecular complexity index is 838. The van der Waals surface area contributed by atoms with Gasteiger partial charge in [-0.05, 0) is 29.7 Å². The maximum absolute atomic E-state index is 13.0. The van der Waals surface area contributed by atoms with E-state index in [-0.39, 0.29) is 23.6 Å². The van der Waals surface area contributed by atoms with Crippen molar-refractivity contribution in [2.75, 3.05) is 6.54 Å². The maximum Gasteiger partial charge on any atom is 0.248 e. The minimum Gasteiger partial charge on any atom is -0.508 e. The topological polar surface area (TPSA) is 72.9 Å². The van der Waals surface area contributed by atoms with Gasteiger partial charge in [-0.2, -0.15) is 0 Å². The predicted molar refractivity (Wildman–Crippen MR) is 100 cm³/mol. The van der Waals surface area contributed by atoms with E-state index in [1.54, 1.807) is 24.3 Å². The van der Waals surface area contributed by atoms with Crippen molar-refractivity contribution in [2.45, 2.75) is 32.0 Å². The molecule has 0 bridgehead atoms. The molecule has 4 rings (SSSR count). The molecule has 3 atom stereocenters. The number of carbonyl (C=O) groups excluding carboxylic acids is 2. The van der Waals surface area contributed by atoms with Crippen LogP contribution in [0.25, 0.3) is 0 Å². The number of nitrogens with zero attached hydrogens (tertiary/aromatic N) is 2. The summed E-state index contributed by atoms with van der Waals surface area (Å²) < 4.78 is 0. The number of likely N-dealkylation sites (tertiary alicyclic amines) is 1. The zero-order valence-electron chi connectivity index (χ0n) is 15.2. The van der Waals surface area contributed by atoms with E-state index in [0.717, 1.165) is 17.5 Å². The molecule has 0 aromatic heterocycles. The Hall–Kier alpha value is -2.70. The minimum absolute atomic E-state index is 0.118. The van der Waals surface area contributed by atoms with E-state index in [1.807, 2.05) is 42.3 Å². The van der Waals surface area contributed by atoms with Crippen molar-refractivity contribution in [3.63, 3.8) is 0 Å². The van der Waals surface area contributed by atoms with Gasteiger partial charge in [-0.1, -0.05) is 49.4 Å². The quantitative estimate of drug-likeness (QED) is 0.795. The van der Waals surface area contributed by atoms with Crippen LogP contribution in [0, 0.1) is 5.92 Å². The van der Waals surface area contributed by atoms with Gasteiger partial charge >= 0.3 is 0 Å². The molecule has 2 aliphatic heterocycles. The number of benzene rings is 2. The largest absolute Gasteiger partial charge is 0.508 e. The van der Waals surface area contributed by atoms with Crippen molar-refractivity contribution in [3.05, 3.63) is 65.7 Å². The van der Waals surface area contributed by atoms with Gasteiger partial charge in [-0.3, -0.25) is 14.5 Å². The molecule has 2 heterocycles. The van der Waals surface area contributed by atoms with E-state index in [9.17, 15) is 14.7 Å². The van der Waals surface area contributed by atoms with Crippen molar-refractivity contribution >= 4 is 11.8 Å². The fourth-order valence-corrected chi connectivity index (χ4v) is 4.06. The van der Waals surface area contributed by atoms with Gasteiger partial charge < -0.3 is 5.11 Å². The highest BCUT2D eigenvalue weighted by Gasteiger charge is 2.58. The van der Waals surface area contributed by atoms with Gasteiger partial charge in [0.1, 0.15) is 11.8 Å². The standard InChI is InChI=1S/C21H23N3O3/c1-2-12-23-20(26)17-18(15-8-10-16(25)11-9-15)22-24(19(17)21(23)27)13-14-6-4-3-5-7-14/h3-11,17-19,22,25H,2,12-13H2,1H3. The maximum atomic E-state index is 13.0. The molecular weight excluding hydrogens is 342 g/mol. The predicted octanol–water partition coefficient (Wildman–Crippen LogP) is 2.22. The number of phenols is 1. The first kappa shape index (κ1) is 17.7. The average Bonchev–Trinajstić information content (AvgIpc) is 3.16. The third kappa shape index (κ3) is 3.11. The zero-order chi connectivity index (χ0) is 19.0. The third-order valence-electron chi connectivity index (χ3n) is 5.31. The van der Waals surface area contributed by atoms with Crippen molar-refractivity contribution < 1.29 is 14.7 Å². The highest BCUT2D eigenvalue weighted by atomic mass is 16.3. The normalized spacial score (nSPS) is 25.2. The number of imide groups is 1. The molecule has 0 spiro atoms. The van der Waals surface area contributed by atoms with E-state index >= 15 is 0 Å². The summed E-state index contributed by atoms with van der Waals surface area (Å²) in [5.41, 5.74) is 5.34. The lowest BCUT2D eigenvalue weighted by molar-refractivity contribution is -0.141. The summed E-state index contributed by atoms with van der Waals surface area (Å²) in [5, 5.41) is 11.5. The lowest BCUT2D eigenvalue weighted by atomic mass is 9.91. The molecule has 2 saturated heterocycles. The Morgan fingerprint density at radius 2 is 1.70 bits per heavy atom. The molecule has 0 aliphatic carbocycles. The smallest absolute Gasteiger partial charge is 0.248 e. The summed E-state index contributed by atoms with van der Waals surface area (Å²) >= 11 is 0. The van der Waals surface area contributed by atoms with E-state index in [2.05, 4.69) is 5.43 Å². The van der Waals surface area contributed by atoms with Crippen LogP contribution in [0.1, 0.15) is 30.5 Å². The van der Waals surface area contributed by atoms with Crippen LogP contribution in [0.15, 0.2) is 54.6 Å². The summed E-state index contributed by atoms with van der Waals surface area (Å²) in [6.07, 6.45) is 0.743. The number of nitrogens with one attached hydrogen (secondary N) is 1.